The van der Waals surface area contributed by atoms with Crippen molar-refractivity contribution in [2.75, 3.05) is 0 Å². The maximum Gasteiger partial charge on any atom is 0.310 e. The topological polar surface area (TPSA) is 127 Å². The second-order valence-corrected chi connectivity index (χ2v) is 7.87. The van der Waals surface area contributed by atoms with Crippen LogP contribution in [0.15, 0.2) is 22.4 Å². The number of hydrogen-bond donors (Lipinski definition) is 2. The molecule has 21 heavy (non-hydrogen) atoms. The maximum absolute atomic E-state index is 12.1. The number of nitro groups is 1. The molecule has 0 aromatic carbocycles. The van der Waals surface area contributed by atoms with E-state index in [1.807, 2.05) is 0 Å². The number of carboxylic acids is 1. The molecule has 1 heterocycles. The zero-order valence-corrected chi connectivity index (χ0v) is 12.6. The van der Waals surface area contributed by atoms with Gasteiger partial charge in [-0.05, 0) is 6.42 Å². The molecule has 1 aromatic heterocycles. The molecule has 0 fully saturated rings. The van der Waals surface area contributed by atoms with Gasteiger partial charge in [-0.3, -0.25) is 14.9 Å². The summed E-state index contributed by atoms with van der Waals surface area (Å²) in [4.78, 5) is 20.7. The van der Waals surface area contributed by atoms with E-state index in [1.54, 1.807) is 0 Å². The molecule has 2 N–H and O–H groups in total. The molecule has 1 aliphatic rings. The summed E-state index contributed by atoms with van der Waals surface area (Å²) < 4.78 is 25.9. The van der Waals surface area contributed by atoms with Gasteiger partial charge in [0.2, 0.25) is 0 Å². The Labute approximate surface area is 128 Å². The minimum Gasteiger partial charge on any atom is -0.481 e. The predicted octanol–water partition coefficient (Wildman–Crippen LogP) is 1.62. The van der Waals surface area contributed by atoms with Crippen molar-refractivity contribution in [3.63, 3.8) is 0 Å². The molecule has 1 aromatic rings. The quantitative estimate of drug-likeness (QED) is 0.471. The number of nitrogens with zero attached hydrogens (tertiary/aromatic N) is 1. The highest BCUT2D eigenvalue weighted by molar-refractivity contribution is 7.91. The van der Waals surface area contributed by atoms with Crippen LogP contribution in [0.1, 0.15) is 6.42 Å². The van der Waals surface area contributed by atoms with Gasteiger partial charge in [0.05, 0.1) is 10.8 Å². The molecule has 0 saturated carbocycles. The molecule has 114 valence electrons. The number of aliphatic carboxylic acids is 1. The van der Waals surface area contributed by atoms with Crippen molar-refractivity contribution in [3.8, 4) is 0 Å². The number of carbonyl (C=O) groups is 1. The van der Waals surface area contributed by atoms with Crippen molar-refractivity contribution >= 4 is 44.6 Å². The first-order chi connectivity index (χ1) is 9.70. The molecule has 0 bridgehead atoms. The first-order valence-corrected chi connectivity index (χ1v) is 8.25. The van der Waals surface area contributed by atoms with Crippen LogP contribution in [0, 0.1) is 16.0 Å². The van der Waals surface area contributed by atoms with Crippen molar-refractivity contribution in [2.45, 2.75) is 16.7 Å². The summed E-state index contributed by atoms with van der Waals surface area (Å²) in [5, 5.41) is 19.5. The Morgan fingerprint density at radius 1 is 1.52 bits per heavy atom. The molecule has 0 radical (unpaired) electrons. The van der Waals surface area contributed by atoms with E-state index >= 15 is 0 Å². The van der Waals surface area contributed by atoms with Gasteiger partial charge in [0.15, 0.2) is 4.34 Å². The first kappa shape index (κ1) is 15.9. The lowest BCUT2D eigenvalue weighted by Gasteiger charge is -2.11. The van der Waals surface area contributed by atoms with E-state index in [-0.39, 0.29) is 15.0 Å². The van der Waals surface area contributed by atoms with Crippen LogP contribution in [0.25, 0.3) is 0 Å². The molecule has 1 aliphatic carbocycles. The number of thiophene rings is 1. The summed E-state index contributed by atoms with van der Waals surface area (Å²) in [7, 11) is -3.99. The molecule has 11 heteroatoms. The molecule has 2 unspecified atom stereocenters. The van der Waals surface area contributed by atoms with E-state index in [0.717, 1.165) is 6.07 Å². The minimum atomic E-state index is -3.99. The summed E-state index contributed by atoms with van der Waals surface area (Å²) in [6.07, 6.45) is 2.94. The van der Waals surface area contributed by atoms with E-state index in [2.05, 4.69) is 4.72 Å². The average Bonchev–Trinajstić information content (AvgIpc) is 2.95. The van der Waals surface area contributed by atoms with Crippen molar-refractivity contribution in [3.05, 3.63) is 32.7 Å². The second kappa shape index (κ2) is 5.72. The van der Waals surface area contributed by atoms with Gasteiger partial charge in [0, 0.05) is 12.1 Å². The first-order valence-electron chi connectivity index (χ1n) is 5.58. The van der Waals surface area contributed by atoms with Crippen molar-refractivity contribution in [2.24, 2.45) is 5.92 Å². The molecule has 0 saturated heterocycles. The third-order valence-electron chi connectivity index (χ3n) is 2.82. The van der Waals surface area contributed by atoms with Gasteiger partial charge in [-0.15, -0.1) is 11.3 Å². The normalized spacial score (nSPS) is 21.6. The Kier molecular flexibility index (Phi) is 4.33. The van der Waals surface area contributed by atoms with Crippen molar-refractivity contribution in [1.82, 2.24) is 4.72 Å². The van der Waals surface area contributed by atoms with Crippen molar-refractivity contribution < 1.29 is 23.2 Å². The van der Waals surface area contributed by atoms with Crippen LogP contribution in [0.3, 0.4) is 0 Å². The van der Waals surface area contributed by atoms with Crippen LogP contribution in [0.2, 0.25) is 4.34 Å². The van der Waals surface area contributed by atoms with Crippen LogP contribution >= 0.6 is 22.9 Å². The number of nitrogens with one attached hydrogen (secondary N) is 1. The highest BCUT2D eigenvalue weighted by Crippen LogP contribution is 2.36. The zero-order valence-electron chi connectivity index (χ0n) is 10.2. The van der Waals surface area contributed by atoms with Crippen LogP contribution in [0.4, 0.5) is 5.69 Å². The Morgan fingerprint density at radius 3 is 2.67 bits per heavy atom. The Morgan fingerprint density at radius 2 is 2.19 bits per heavy atom. The lowest BCUT2D eigenvalue weighted by atomic mass is 10.1. The summed E-state index contributed by atoms with van der Waals surface area (Å²) in [6, 6.07) is 0.207. The standard InChI is InChI=1S/C10H9ClN2O6S2/c11-9-7(13(16)17)4-8(20-9)21(18,19)12-6-2-1-5(3-6)10(14)15/h1-2,4-6,12H,3H2,(H,14,15). The van der Waals surface area contributed by atoms with E-state index < -0.39 is 38.6 Å². The van der Waals surface area contributed by atoms with Gasteiger partial charge in [-0.1, -0.05) is 23.8 Å². The lowest BCUT2D eigenvalue weighted by molar-refractivity contribution is -0.384. The summed E-state index contributed by atoms with van der Waals surface area (Å²) in [6.45, 7) is 0. The van der Waals surface area contributed by atoms with E-state index in [0.29, 0.717) is 11.3 Å². The third kappa shape index (κ3) is 3.40. The van der Waals surface area contributed by atoms with Gasteiger partial charge in [0.25, 0.3) is 15.7 Å². The molecular weight excluding hydrogens is 344 g/mol. The Balaban J connectivity index is 2.17. The molecule has 8 nitrogen and oxygen atoms in total. The highest BCUT2D eigenvalue weighted by Gasteiger charge is 2.30. The summed E-state index contributed by atoms with van der Waals surface area (Å²) >= 11 is 6.19. The van der Waals surface area contributed by atoms with Gasteiger partial charge in [0.1, 0.15) is 4.21 Å². The largest absolute Gasteiger partial charge is 0.481 e. The number of rotatable bonds is 5. The predicted molar refractivity (Wildman–Crippen MR) is 75.0 cm³/mol. The molecule has 2 atom stereocenters. The summed E-state index contributed by atoms with van der Waals surface area (Å²) in [5.41, 5.74) is -0.479. The fraction of sp³-hybridized carbons (Fsp3) is 0.300. The fourth-order valence-corrected chi connectivity index (χ4v) is 4.71. The maximum atomic E-state index is 12.1. The van der Waals surface area contributed by atoms with Gasteiger partial charge >= 0.3 is 5.97 Å². The van der Waals surface area contributed by atoms with Gasteiger partial charge in [-0.25, -0.2) is 13.1 Å². The van der Waals surface area contributed by atoms with Crippen LogP contribution < -0.4 is 4.72 Å². The van der Waals surface area contributed by atoms with Crippen molar-refractivity contribution in [1.29, 1.82) is 0 Å². The SMILES string of the molecule is O=C(O)C1C=CC(NS(=O)(=O)c2cc([N+](=O)[O-])c(Cl)s2)C1. The fourth-order valence-electron chi connectivity index (χ4n) is 1.82. The Bertz CT molecular complexity index is 726. The van der Waals surface area contributed by atoms with E-state index in [4.69, 9.17) is 16.7 Å². The molecule has 0 spiro atoms. The van der Waals surface area contributed by atoms with Gasteiger partial charge < -0.3 is 5.11 Å². The second-order valence-electron chi connectivity index (χ2n) is 4.27. The number of halogens is 1. The Hall–Kier alpha value is -1.49. The smallest absolute Gasteiger partial charge is 0.310 e. The van der Waals surface area contributed by atoms with Crippen LogP contribution in [-0.2, 0) is 14.8 Å². The van der Waals surface area contributed by atoms with E-state index in [1.165, 1.54) is 12.2 Å². The molecule has 0 amide bonds. The summed E-state index contributed by atoms with van der Waals surface area (Å²) in [5.74, 6) is -1.79. The lowest BCUT2D eigenvalue weighted by Crippen LogP contribution is -2.32. The average molecular weight is 353 g/mol. The monoisotopic (exact) mass is 352 g/mol. The molecule has 0 aliphatic heterocycles. The highest BCUT2D eigenvalue weighted by atomic mass is 35.5. The minimum absolute atomic E-state index is 0.0930. The third-order valence-corrected chi connectivity index (χ3v) is 6.12. The van der Waals surface area contributed by atoms with Crippen LogP contribution in [0.5, 0.6) is 0 Å². The number of hydrogen-bond acceptors (Lipinski definition) is 6. The number of sulfonamides is 1. The molecular formula is C10H9ClN2O6S2. The number of carboxylic acid groups (broad SMARTS) is 1. The van der Waals surface area contributed by atoms with Gasteiger partial charge in [-0.2, -0.15) is 0 Å². The zero-order chi connectivity index (χ0) is 15.8. The van der Waals surface area contributed by atoms with Crippen LogP contribution in [-0.4, -0.2) is 30.5 Å². The molecule has 2 rings (SSSR count). The van der Waals surface area contributed by atoms with E-state index in [9.17, 15) is 23.3 Å².